The number of para-hydroxylation sites is 1. The molecule has 0 aliphatic rings. The minimum Gasteiger partial charge on any atom is -0.338 e. The van der Waals surface area contributed by atoms with Crippen molar-refractivity contribution in [2.75, 3.05) is 6.54 Å². The lowest BCUT2D eigenvalue weighted by molar-refractivity contribution is 0.240. The second-order valence-electron chi connectivity index (χ2n) is 5.71. The number of unbranched alkanes of at least 4 members (excludes halogenated alkanes) is 2. The van der Waals surface area contributed by atoms with Crippen LogP contribution in [0.5, 0.6) is 0 Å². The molecular weight excluding hydrogens is 288 g/mol. The lowest BCUT2D eigenvalue weighted by Gasteiger charge is -2.08. The molecule has 1 aromatic heterocycles. The fourth-order valence-corrected chi connectivity index (χ4v) is 2.56. The van der Waals surface area contributed by atoms with Gasteiger partial charge in [0.15, 0.2) is 0 Å². The van der Waals surface area contributed by atoms with E-state index in [0.29, 0.717) is 6.54 Å². The standard InChI is InChI=1S/C18H26N4O/c1-4-5-9-12-19-18(23)20-13-17-14(2)21-22(15(17)3)16-10-7-6-8-11-16/h6-8,10-11H,4-5,9,12-13H2,1-3H3,(H2,19,20,23). The molecule has 0 unspecified atom stereocenters. The molecule has 2 rings (SSSR count). The molecule has 5 nitrogen and oxygen atoms in total. The highest BCUT2D eigenvalue weighted by Crippen LogP contribution is 2.17. The van der Waals surface area contributed by atoms with Gasteiger partial charge in [0.1, 0.15) is 0 Å². The van der Waals surface area contributed by atoms with E-state index in [9.17, 15) is 4.79 Å². The molecule has 0 aliphatic carbocycles. The van der Waals surface area contributed by atoms with Gasteiger partial charge in [-0.05, 0) is 32.4 Å². The minimum atomic E-state index is -0.118. The number of hydrogen-bond acceptors (Lipinski definition) is 2. The van der Waals surface area contributed by atoms with Crippen molar-refractivity contribution in [1.82, 2.24) is 20.4 Å². The number of aryl methyl sites for hydroxylation is 1. The normalized spacial score (nSPS) is 10.6. The van der Waals surface area contributed by atoms with Crippen LogP contribution in [0.1, 0.15) is 43.1 Å². The number of carbonyl (C=O) groups is 1. The van der Waals surface area contributed by atoms with Gasteiger partial charge < -0.3 is 10.6 Å². The third-order valence-electron chi connectivity index (χ3n) is 3.93. The number of rotatable bonds is 7. The third kappa shape index (κ3) is 4.58. The number of carbonyl (C=O) groups excluding carboxylic acids is 1. The maximum absolute atomic E-state index is 11.8. The van der Waals surface area contributed by atoms with Crippen LogP contribution in [0.15, 0.2) is 30.3 Å². The zero-order chi connectivity index (χ0) is 16.7. The van der Waals surface area contributed by atoms with Gasteiger partial charge in [-0.1, -0.05) is 38.0 Å². The highest BCUT2D eigenvalue weighted by atomic mass is 16.2. The molecule has 23 heavy (non-hydrogen) atoms. The Morgan fingerprint density at radius 1 is 1.13 bits per heavy atom. The van der Waals surface area contributed by atoms with Crippen LogP contribution >= 0.6 is 0 Å². The van der Waals surface area contributed by atoms with Gasteiger partial charge in [0.05, 0.1) is 11.4 Å². The monoisotopic (exact) mass is 314 g/mol. The smallest absolute Gasteiger partial charge is 0.315 e. The summed E-state index contributed by atoms with van der Waals surface area (Å²) in [5.74, 6) is 0. The molecule has 5 heteroatoms. The molecular formula is C18H26N4O. The average molecular weight is 314 g/mol. The summed E-state index contributed by atoms with van der Waals surface area (Å²) >= 11 is 0. The van der Waals surface area contributed by atoms with Crippen molar-refractivity contribution in [1.29, 1.82) is 0 Å². The van der Waals surface area contributed by atoms with E-state index >= 15 is 0 Å². The Morgan fingerprint density at radius 3 is 2.57 bits per heavy atom. The molecule has 0 spiro atoms. The molecule has 0 radical (unpaired) electrons. The van der Waals surface area contributed by atoms with Crippen LogP contribution in [0.4, 0.5) is 4.79 Å². The summed E-state index contributed by atoms with van der Waals surface area (Å²) in [4.78, 5) is 11.8. The van der Waals surface area contributed by atoms with Crippen LogP contribution in [0, 0.1) is 13.8 Å². The van der Waals surface area contributed by atoms with Crippen LogP contribution in [-0.2, 0) is 6.54 Å². The van der Waals surface area contributed by atoms with Gasteiger partial charge in [-0.25, -0.2) is 9.48 Å². The van der Waals surface area contributed by atoms with Crippen molar-refractivity contribution in [3.05, 3.63) is 47.3 Å². The Kier molecular flexibility index (Phi) is 6.20. The number of amides is 2. The quantitative estimate of drug-likeness (QED) is 0.769. The predicted molar refractivity (Wildman–Crippen MR) is 92.8 cm³/mol. The second kappa shape index (κ2) is 8.36. The topological polar surface area (TPSA) is 59.0 Å². The summed E-state index contributed by atoms with van der Waals surface area (Å²) in [6.07, 6.45) is 3.32. The van der Waals surface area contributed by atoms with Crippen LogP contribution in [0.3, 0.4) is 0 Å². The van der Waals surface area contributed by atoms with Crippen molar-refractivity contribution >= 4 is 6.03 Å². The van der Waals surface area contributed by atoms with Crippen molar-refractivity contribution < 1.29 is 4.79 Å². The molecule has 0 fully saturated rings. The van der Waals surface area contributed by atoms with Gasteiger partial charge in [0.2, 0.25) is 0 Å². The van der Waals surface area contributed by atoms with Crippen LogP contribution in [0.2, 0.25) is 0 Å². The van der Waals surface area contributed by atoms with E-state index < -0.39 is 0 Å². The fraction of sp³-hybridized carbons (Fsp3) is 0.444. The average Bonchev–Trinajstić information content (AvgIpc) is 2.85. The fourth-order valence-electron chi connectivity index (χ4n) is 2.56. The van der Waals surface area contributed by atoms with Crippen molar-refractivity contribution in [2.45, 2.75) is 46.6 Å². The number of hydrogen-bond donors (Lipinski definition) is 2. The number of urea groups is 1. The maximum Gasteiger partial charge on any atom is 0.315 e. The summed E-state index contributed by atoms with van der Waals surface area (Å²) in [6.45, 7) is 7.37. The van der Waals surface area contributed by atoms with E-state index in [4.69, 9.17) is 0 Å². The molecule has 0 atom stereocenters. The van der Waals surface area contributed by atoms with Crippen molar-refractivity contribution in [3.63, 3.8) is 0 Å². The summed E-state index contributed by atoms with van der Waals surface area (Å²) in [5.41, 5.74) is 4.10. The number of aromatic nitrogens is 2. The SMILES string of the molecule is CCCCCNC(=O)NCc1c(C)nn(-c2ccccc2)c1C. The second-order valence-corrected chi connectivity index (χ2v) is 5.71. The van der Waals surface area contributed by atoms with Gasteiger partial charge in [0.25, 0.3) is 0 Å². The Labute approximate surface area is 138 Å². The summed E-state index contributed by atoms with van der Waals surface area (Å²) < 4.78 is 1.92. The Bertz CT molecular complexity index is 634. The number of nitrogens with one attached hydrogen (secondary N) is 2. The first-order chi connectivity index (χ1) is 11.1. The first-order valence-corrected chi connectivity index (χ1v) is 8.25. The molecule has 2 aromatic rings. The van der Waals surface area contributed by atoms with E-state index in [1.165, 1.54) is 0 Å². The molecule has 0 bridgehead atoms. The van der Waals surface area contributed by atoms with E-state index in [1.54, 1.807) is 0 Å². The first-order valence-electron chi connectivity index (χ1n) is 8.25. The number of nitrogens with zero attached hydrogens (tertiary/aromatic N) is 2. The lowest BCUT2D eigenvalue weighted by Crippen LogP contribution is -2.35. The van der Waals surface area contributed by atoms with Gasteiger partial charge in [-0.2, -0.15) is 5.10 Å². The highest BCUT2D eigenvalue weighted by molar-refractivity contribution is 5.73. The van der Waals surface area contributed by atoms with Gasteiger partial charge >= 0.3 is 6.03 Å². The zero-order valence-electron chi connectivity index (χ0n) is 14.2. The van der Waals surface area contributed by atoms with E-state index in [2.05, 4.69) is 22.7 Å². The Balaban J connectivity index is 1.96. The molecule has 2 N–H and O–H groups in total. The molecule has 0 aliphatic heterocycles. The summed E-state index contributed by atoms with van der Waals surface area (Å²) in [5, 5.41) is 10.4. The highest BCUT2D eigenvalue weighted by Gasteiger charge is 2.13. The molecule has 124 valence electrons. The van der Waals surface area contributed by atoms with Gasteiger partial charge in [0, 0.05) is 24.3 Å². The van der Waals surface area contributed by atoms with E-state index in [0.717, 1.165) is 48.4 Å². The molecule has 0 saturated carbocycles. The Morgan fingerprint density at radius 2 is 1.87 bits per heavy atom. The van der Waals surface area contributed by atoms with Crippen LogP contribution < -0.4 is 10.6 Å². The van der Waals surface area contributed by atoms with Crippen molar-refractivity contribution in [3.8, 4) is 5.69 Å². The van der Waals surface area contributed by atoms with E-state index in [-0.39, 0.29) is 6.03 Å². The predicted octanol–water partition coefficient (Wildman–Crippen LogP) is 3.48. The van der Waals surface area contributed by atoms with Crippen LogP contribution in [0.25, 0.3) is 5.69 Å². The van der Waals surface area contributed by atoms with Gasteiger partial charge in [-0.3, -0.25) is 0 Å². The molecule has 0 saturated heterocycles. The Hall–Kier alpha value is -2.30. The summed E-state index contributed by atoms with van der Waals surface area (Å²) in [7, 11) is 0. The molecule has 1 heterocycles. The minimum absolute atomic E-state index is 0.118. The maximum atomic E-state index is 11.8. The molecule has 2 amide bonds. The lowest BCUT2D eigenvalue weighted by atomic mass is 10.2. The largest absolute Gasteiger partial charge is 0.338 e. The van der Waals surface area contributed by atoms with Gasteiger partial charge in [-0.15, -0.1) is 0 Å². The zero-order valence-corrected chi connectivity index (χ0v) is 14.2. The van der Waals surface area contributed by atoms with Crippen molar-refractivity contribution in [2.24, 2.45) is 0 Å². The van der Waals surface area contributed by atoms with Crippen LogP contribution in [-0.4, -0.2) is 22.4 Å². The third-order valence-corrected chi connectivity index (χ3v) is 3.93. The molecule has 1 aromatic carbocycles. The first kappa shape index (κ1) is 17.1. The summed E-state index contributed by atoms with van der Waals surface area (Å²) in [6, 6.07) is 9.91. The van der Waals surface area contributed by atoms with E-state index in [1.807, 2.05) is 48.9 Å². The number of benzene rings is 1.